The third-order valence-corrected chi connectivity index (χ3v) is 16.7. The maximum Gasteiger partial charge on any atom is 0.397 e. The summed E-state index contributed by atoms with van der Waals surface area (Å²) in [5.74, 6) is -0.256. The molecule has 0 aromatic heterocycles. The second-order valence-electron chi connectivity index (χ2n) is 23.8. The Morgan fingerprint density at radius 3 is 1.14 bits per heavy atom. The minimum absolute atomic E-state index is 0.256. The van der Waals surface area contributed by atoms with E-state index >= 15 is 0 Å². The van der Waals surface area contributed by atoms with Crippen molar-refractivity contribution in [2.24, 2.45) is 0 Å². The van der Waals surface area contributed by atoms with Gasteiger partial charge in [0, 0.05) is 6.42 Å². The lowest BCUT2D eigenvalue weighted by atomic mass is 9.99. The molecule has 1 saturated heterocycles. The van der Waals surface area contributed by atoms with Gasteiger partial charge in [-0.25, -0.2) is 4.18 Å². The molecule has 1 fully saturated rings. The third-order valence-electron chi connectivity index (χ3n) is 16.2. The molecule has 0 aliphatic carbocycles. The lowest BCUT2D eigenvalue weighted by Crippen LogP contribution is -2.61. The molecule has 13 heteroatoms. The van der Waals surface area contributed by atoms with Gasteiger partial charge in [-0.3, -0.25) is 9.35 Å². The van der Waals surface area contributed by atoms with Crippen LogP contribution in [-0.2, 0) is 28.9 Å². The summed E-state index contributed by atoms with van der Waals surface area (Å²) in [6, 6.07) is -0.943. The molecule has 7 atom stereocenters. The van der Waals surface area contributed by atoms with Crippen LogP contribution in [0.15, 0.2) is 24.3 Å². The number of aliphatic hydroxyl groups excluding tert-OH is 4. The molecule has 12 nitrogen and oxygen atoms in total. The van der Waals surface area contributed by atoms with Crippen molar-refractivity contribution in [3.8, 4) is 0 Å². The highest BCUT2D eigenvalue weighted by molar-refractivity contribution is 7.80. The van der Waals surface area contributed by atoms with Gasteiger partial charge in [-0.15, -0.1) is 0 Å². The normalized spacial score (nSPS) is 18.8. The van der Waals surface area contributed by atoms with Gasteiger partial charge in [-0.2, -0.15) is 8.42 Å². The van der Waals surface area contributed by atoms with Crippen molar-refractivity contribution in [2.75, 3.05) is 13.2 Å². The summed E-state index contributed by atoms with van der Waals surface area (Å²) in [6.45, 7) is 3.46. The van der Waals surface area contributed by atoms with Gasteiger partial charge in [0.05, 0.1) is 25.4 Å². The van der Waals surface area contributed by atoms with E-state index in [0.29, 0.717) is 6.42 Å². The number of ether oxygens (including phenoxy) is 2. The summed E-state index contributed by atoms with van der Waals surface area (Å²) in [6.07, 6.45) is 62.5. The largest absolute Gasteiger partial charge is 0.397 e. The monoisotopic (exact) mass is 1140 g/mol. The highest BCUT2D eigenvalue weighted by Crippen LogP contribution is 2.26. The number of allylic oxidation sites excluding steroid dienone is 3. The maximum atomic E-state index is 13.2. The average Bonchev–Trinajstić information content (AvgIpc) is 3.44. The first-order valence-electron chi connectivity index (χ1n) is 33.7. The number of hydrogen-bond acceptors (Lipinski definition) is 10. The van der Waals surface area contributed by atoms with E-state index < -0.39 is 59.9 Å². The van der Waals surface area contributed by atoms with E-state index in [1.807, 2.05) is 6.08 Å². The van der Waals surface area contributed by atoms with Crippen molar-refractivity contribution in [1.82, 2.24) is 5.32 Å². The van der Waals surface area contributed by atoms with E-state index in [9.17, 15) is 38.2 Å². The Balaban J connectivity index is 2.26. The average molecular weight is 1140 g/mol. The number of amides is 1. The van der Waals surface area contributed by atoms with Crippen molar-refractivity contribution in [3.05, 3.63) is 24.3 Å². The summed E-state index contributed by atoms with van der Waals surface area (Å²) < 4.78 is 48.0. The molecule has 1 aliphatic rings. The predicted molar refractivity (Wildman–Crippen MR) is 329 cm³/mol. The molecule has 1 rings (SSSR count). The second-order valence-corrected chi connectivity index (χ2v) is 24.8. The fraction of sp³-hybridized carbons (Fsp3) is 0.924. The molecular formula is C66H127NO11S. The molecule has 0 aromatic carbocycles. The standard InChI is InChI=1S/C66H127NO11S/c1-3-5-7-9-11-13-15-17-19-21-23-25-26-27-28-29-30-31-32-33-34-36-38-40-42-44-46-48-50-52-54-56-62(70)67-59(58-76-66-64(72)65(78-79(73,74)75)63(71)61(57-68)77-66)60(69)55-53-51-49-47-45-43-41-39-37-35-24-22-20-18-16-14-12-10-8-6-4-2/h27-28,53,55,59-61,63-66,68-69,71-72H,3-26,29-52,54,56-58H2,1-2H3,(H,67,70)(H,73,74,75)/b28-27-,55-53+. The Labute approximate surface area is 486 Å². The Bertz CT molecular complexity index is 1480. The minimum Gasteiger partial charge on any atom is -0.394 e. The van der Waals surface area contributed by atoms with Crippen molar-refractivity contribution >= 4 is 16.3 Å². The fourth-order valence-electron chi connectivity index (χ4n) is 11.0. The quantitative estimate of drug-likeness (QED) is 0.0193. The van der Waals surface area contributed by atoms with Gasteiger partial charge in [-0.05, 0) is 44.9 Å². The van der Waals surface area contributed by atoms with Crippen LogP contribution in [0.25, 0.3) is 0 Å². The molecule has 0 radical (unpaired) electrons. The summed E-state index contributed by atoms with van der Waals surface area (Å²) in [7, 11) is -5.09. The van der Waals surface area contributed by atoms with E-state index in [1.54, 1.807) is 6.08 Å². The van der Waals surface area contributed by atoms with Crippen LogP contribution in [0.5, 0.6) is 0 Å². The topological polar surface area (TPSA) is 192 Å². The molecule has 0 bridgehead atoms. The van der Waals surface area contributed by atoms with Crippen molar-refractivity contribution in [2.45, 2.75) is 378 Å². The van der Waals surface area contributed by atoms with Crippen molar-refractivity contribution in [3.63, 3.8) is 0 Å². The van der Waals surface area contributed by atoms with E-state index in [0.717, 1.165) is 38.5 Å². The zero-order valence-electron chi connectivity index (χ0n) is 51.2. The van der Waals surface area contributed by atoms with Gasteiger partial charge < -0.3 is 35.2 Å². The fourth-order valence-corrected chi connectivity index (χ4v) is 11.6. The minimum atomic E-state index is -5.09. The molecular weight excluding hydrogens is 1010 g/mol. The van der Waals surface area contributed by atoms with E-state index in [1.165, 1.54) is 270 Å². The van der Waals surface area contributed by atoms with Crippen LogP contribution >= 0.6 is 0 Å². The van der Waals surface area contributed by atoms with Gasteiger partial charge in [0.1, 0.15) is 24.4 Å². The zero-order chi connectivity index (χ0) is 57.5. The van der Waals surface area contributed by atoms with Gasteiger partial charge in [0.15, 0.2) is 6.29 Å². The molecule has 1 heterocycles. The van der Waals surface area contributed by atoms with E-state index in [-0.39, 0.29) is 18.9 Å². The third kappa shape index (κ3) is 47.6. The van der Waals surface area contributed by atoms with Crippen LogP contribution in [0.1, 0.15) is 335 Å². The lowest BCUT2D eigenvalue weighted by molar-refractivity contribution is -0.298. The molecule has 79 heavy (non-hydrogen) atoms. The maximum absolute atomic E-state index is 13.2. The van der Waals surface area contributed by atoms with Crippen LogP contribution in [0.2, 0.25) is 0 Å². The van der Waals surface area contributed by atoms with Gasteiger partial charge in [-0.1, -0.05) is 308 Å². The van der Waals surface area contributed by atoms with Crippen LogP contribution in [0.4, 0.5) is 0 Å². The van der Waals surface area contributed by atoms with Crippen LogP contribution in [0, 0.1) is 0 Å². The Morgan fingerprint density at radius 1 is 0.494 bits per heavy atom. The zero-order valence-corrected chi connectivity index (χ0v) is 52.0. The smallest absolute Gasteiger partial charge is 0.394 e. The summed E-state index contributed by atoms with van der Waals surface area (Å²) in [5, 5.41) is 45.1. The predicted octanol–water partition coefficient (Wildman–Crippen LogP) is 17.1. The summed E-state index contributed by atoms with van der Waals surface area (Å²) in [5.41, 5.74) is 0. The Kier molecular flexibility index (Phi) is 53.3. The number of nitrogens with one attached hydrogen (secondary N) is 1. The highest BCUT2D eigenvalue weighted by atomic mass is 32.3. The summed E-state index contributed by atoms with van der Waals surface area (Å²) >= 11 is 0. The number of carbonyl (C=O) groups is 1. The number of carbonyl (C=O) groups excluding carboxylic acids is 1. The van der Waals surface area contributed by atoms with Crippen LogP contribution in [-0.4, -0.2) is 95.4 Å². The van der Waals surface area contributed by atoms with Gasteiger partial charge in [0.25, 0.3) is 0 Å². The molecule has 6 N–H and O–H groups in total. The van der Waals surface area contributed by atoms with Crippen LogP contribution in [0.3, 0.4) is 0 Å². The van der Waals surface area contributed by atoms with Gasteiger partial charge in [0.2, 0.25) is 5.91 Å². The number of rotatable bonds is 60. The SMILES string of the molecule is CCCCCCCCCCCCCC/C=C\CCCCCCCCCCCCCCCCCC(=O)NC(COC1OC(CO)C(O)C(OS(=O)(=O)O)C1O)C(O)/C=C/CCCCCCCCCCCCCCCCCCCCC. The molecule has 468 valence electrons. The Hall–Kier alpha value is -1.42. The first kappa shape index (κ1) is 75.6. The molecule has 0 saturated carbocycles. The molecule has 0 spiro atoms. The first-order valence-corrected chi connectivity index (χ1v) is 35.1. The molecule has 0 aromatic rings. The summed E-state index contributed by atoms with van der Waals surface area (Å²) in [4.78, 5) is 13.2. The first-order chi connectivity index (χ1) is 38.5. The molecule has 1 aliphatic heterocycles. The number of hydrogen-bond donors (Lipinski definition) is 6. The van der Waals surface area contributed by atoms with Gasteiger partial charge >= 0.3 is 10.4 Å². The van der Waals surface area contributed by atoms with Crippen molar-refractivity contribution < 1.29 is 51.8 Å². The molecule has 7 unspecified atom stereocenters. The van der Waals surface area contributed by atoms with E-state index in [4.69, 9.17) is 9.47 Å². The Morgan fingerprint density at radius 2 is 0.810 bits per heavy atom. The van der Waals surface area contributed by atoms with Crippen LogP contribution < -0.4 is 5.32 Å². The van der Waals surface area contributed by atoms with E-state index in [2.05, 4.69) is 35.5 Å². The van der Waals surface area contributed by atoms with Crippen molar-refractivity contribution in [1.29, 1.82) is 0 Å². The lowest BCUT2D eigenvalue weighted by Gasteiger charge is -2.41. The number of aliphatic hydroxyl groups is 4. The second kappa shape index (κ2) is 55.8. The highest BCUT2D eigenvalue weighted by Gasteiger charge is 2.48. The molecule has 1 amide bonds. The number of unbranched alkanes of at least 4 members (excludes halogenated alkanes) is 46.